The number of nitrogens with one attached hydrogen (secondary N) is 1. The van der Waals surface area contributed by atoms with Gasteiger partial charge >= 0.3 is 0 Å². The van der Waals surface area contributed by atoms with Crippen LogP contribution in [0.25, 0.3) is 11.0 Å². The van der Waals surface area contributed by atoms with Gasteiger partial charge in [-0.2, -0.15) is 10.2 Å². The Hall–Kier alpha value is -2.68. The largest absolute Gasteiger partial charge is 0.340 e. The molecule has 1 aliphatic rings. The molecule has 6 heteroatoms. The first-order valence-corrected chi connectivity index (χ1v) is 7.67. The monoisotopic (exact) mass is 309 g/mol. The number of nitrogens with zero attached hydrogens (tertiary/aromatic N) is 4. The summed E-state index contributed by atoms with van der Waals surface area (Å²) in [6.45, 7) is 0.457. The Labute approximate surface area is 135 Å². The lowest BCUT2D eigenvalue weighted by Crippen LogP contribution is -2.28. The van der Waals surface area contributed by atoms with Crippen molar-refractivity contribution in [2.45, 2.75) is 37.9 Å². The molecule has 0 fully saturated rings. The van der Waals surface area contributed by atoms with E-state index in [2.05, 4.69) is 26.1 Å². The van der Waals surface area contributed by atoms with Crippen molar-refractivity contribution in [2.75, 3.05) is 7.05 Å². The second kappa shape index (κ2) is 6.21. The molecule has 2 heterocycles. The van der Waals surface area contributed by atoms with E-state index in [1.807, 2.05) is 24.3 Å². The average molecular weight is 309 g/mol. The molecule has 118 valence electrons. The van der Waals surface area contributed by atoms with Crippen molar-refractivity contribution >= 4 is 16.9 Å². The molecular weight excluding hydrogens is 290 g/mol. The van der Waals surface area contributed by atoms with E-state index in [0.29, 0.717) is 25.8 Å². The molecule has 23 heavy (non-hydrogen) atoms. The first kappa shape index (κ1) is 15.2. The van der Waals surface area contributed by atoms with Gasteiger partial charge in [0.05, 0.1) is 17.6 Å². The van der Waals surface area contributed by atoms with Crippen molar-refractivity contribution in [1.82, 2.24) is 14.9 Å². The van der Waals surface area contributed by atoms with Crippen molar-refractivity contribution in [3.8, 4) is 12.3 Å². The van der Waals surface area contributed by atoms with Crippen molar-refractivity contribution in [3.63, 3.8) is 0 Å². The predicted octanol–water partition coefficient (Wildman–Crippen LogP) is 2.88. The number of H-pyrrole nitrogens is 1. The van der Waals surface area contributed by atoms with E-state index >= 15 is 0 Å². The topological polar surface area (TPSA) is 73.7 Å². The van der Waals surface area contributed by atoms with E-state index in [-0.39, 0.29) is 5.91 Å². The second-order valence-corrected chi connectivity index (χ2v) is 5.84. The zero-order valence-corrected chi connectivity index (χ0v) is 13.1. The van der Waals surface area contributed by atoms with Crippen molar-refractivity contribution < 1.29 is 4.79 Å². The van der Waals surface area contributed by atoms with E-state index in [1.54, 1.807) is 11.9 Å². The summed E-state index contributed by atoms with van der Waals surface area (Å²) < 4.78 is 0. The van der Waals surface area contributed by atoms with Crippen LogP contribution in [0.4, 0.5) is 0 Å². The van der Waals surface area contributed by atoms with Gasteiger partial charge in [0.15, 0.2) is 5.66 Å². The Balaban J connectivity index is 1.52. The Morgan fingerprint density at radius 3 is 2.83 bits per heavy atom. The van der Waals surface area contributed by atoms with Gasteiger partial charge in [0.2, 0.25) is 5.91 Å². The minimum absolute atomic E-state index is 0.0582. The number of aromatic nitrogens is 2. The van der Waals surface area contributed by atoms with Crippen molar-refractivity contribution in [1.29, 1.82) is 0 Å². The number of hydrogen-bond donors (Lipinski definition) is 1. The highest BCUT2D eigenvalue weighted by Gasteiger charge is 2.39. The Morgan fingerprint density at radius 1 is 1.35 bits per heavy atom. The highest BCUT2D eigenvalue weighted by atomic mass is 16.2. The van der Waals surface area contributed by atoms with Gasteiger partial charge in [-0.25, -0.2) is 4.98 Å². The molecular formula is C17H19N5O. The molecule has 0 unspecified atom stereocenters. The first-order valence-electron chi connectivity index (χ1n) is 7.67. The van der Waals surface area contributed by atoms with Crippen LogP contribution in [0.3, 0.4) is 0 Å². The predicted molar refractivity (Wildman–Crippen MR) is 87.5 cm³/mol. The van der Waals surface area contributed by atoms with Gasteiger partial charge in [-0.15, -0.1) is 12.3 Å². The third-order valence-electron chi connectivity index (χ3n) is 4.04. The number of aromatic amines is 1. The molecule has 0 saturated carbocycles. The number of hydrogen-bond acceptors (Lipinski definition) is 4. The summed E-state index contributed by atoms with van der Waals surface area (Å²) in [6.07, 6.45) is 7.66. The second-order valence-electron chi connectivity index (χ2n) is 5.84. The van der Waals surface area contributed by atoms with Crippen molar-refractivity contribution in [3.05, 3.63) is 30.1 Å². The van der Waals surface area contributed by atoms with Gasteiger partial charge in [0.25, 0.3) is 0 Å². The van der Waals surface area contributed by atoms with Crippen LogP contribution in [-0.4, -0.2) is 33.5 Å². The number of amides is 1. The number of imidazole rings is 1. The van der Waals surface area contributed by atoms with Crippen LogP contribution in [0.15, 0.2) is 34.5 Å². The van der Waals surface area contributed by atoms with Crippen LogP contribution in [0.2, 0.25) is 0 Å². The van der Waals surface area contributed by atoms with Gasteiger partial charge in [0.1, 0.15) is 5.82 Å². The SMILES string of the molecule is C#CCCC1(CCC(=O)N(C)Cc2nc3ccccc3[nH]2)N=N1. The Bertz CT molecular complexity index is 747. The van der Waals surface area contributed by atoms with Gasteiger partial charge in [-0.1, -0.05) is 12.1 Å². The number of para-hydroxylation sites is 2. The molecule has 0 bridgehead atoms. The number of fused-ring (bicyclic) bond motifs is 1. The molecule has 1 aromatic carbocycles. The molecule has 0 spiro atoms. The summed E-state index contributed by atoms with van der Waals surface area (Å²) in [4.78, 5) is 21.7. The zero-order chi connectivity index (χ0) is 16.3. The summed E-state index contributed by atoms with van der Waals surface area (Å²) in [5.74, 6) is 3.43. The fraction of sp³-hybridized carbons (Fsp3) is 0.412. The highest BCUT2D eigenvalue weighted by Crippen LogP contribution is 2.37. The van der Waals surface area contributed by atoms with Crippen LogP contribution in [-0.2, 0) is 11.3 Å². The van der Waals surface area contributed by atoms with Gasteiger partial charge in [-0.3, -0.25) is 4.79 Å². The average Bonchev–Trinajstić information content (AvgIpc) is 3.21. The molecule has 0 saturated heterocycles. The summed E-state index contributed by atoms with van der Waals surface area (Å²) in [7, 11) is 1.78. The van der Waals surface area contributed by atoms with E-state index in [9.17, 15) is 4.79 Å². The van der Waals surface area contributed by atoms with Crippen LogP contribution in [0, 0.1) is 12.3 Å². The highest BCUT2D eigenvalue weighted by molar-refractivity contribution is 5.77. The molecule has 1 N–H and O–H groups in total. The molecule has 2 aromatic rings. The molecule has 1 aromatic heterocycles. The Kier molecular flexibility index (Phi) is 4.11. The summed E-state index contributed by atoms with van der Waals surface area (Å²) in [6, 6.07) is 7.82. The number of benzene rings is 1. The van der Waals surface area contributed by atoms with Gasteiger partial charge in [0, 0.05) is 32.7 Å². The van der Waals surface area contributed by atoms with Crippen LogP contribution in [0.1, 0.15) is 31.5 Å². The molecule has 0 atom stereocenters. The molecule has 6 nitrogen and oxygen atoms in total. The number of rotatable bonds is 7. The van der Waals surface area contributed by atoms with E-state index in [4.69, 9.17) is 6.42 Å². The lowest BCUT2D eigenvalue weighted by Gasteiger charge is -2.16. The lowest BCUT2D eigenvalue weighted by molar-refractivity contribution is -0.130. The van der Waals surface area contributed by atoms with E-state index in [0.717, 1.165) is 23.3 Å². The molecule has 1 amide bonds. The minimum Gasteiger partial charge on any atom is -0.340 e. The number of carbonyl (C=O) groups is 1. The fourth-order valence-corrected chi connectivity index (χ4v) is 2.56. The standard InChI is InChI=1S/C17H19N5O/c1-3-4-10-17(20-21-17)11-9-16(23)22(2)12-15-18-13-7-5-6-8-14(13)19-15/h1,5-8H,4,9-12H2,2H3,(H,18,19). The summed E-state index contributed by atoms with van der Waals surface area (Å²) in [5.41, 5.74) is 1.49. The number of terminal acetylenes is 1. The number of carbonyl (C=O) groups excluding carboxylic acids is 1. The minimum atomic E-state index is -0.401. The molecule has 0 aliphatic carbocycles. The van der Waals surface area contributed by atoms with E-state index < -0.39 is 5.66 Å². The Morgan fingerprint density at radius 2 is 2.13 bits per heavy atom. The van der Waals surface area contributed by atoms with E-state index in [1.165, 1.54) is 0 Å². The fourth-order valence-electron chi connectivity index (χ4n) is 2.56. The zero-order valence-electron chi connectivity index (χ0n) is 13.1. The quantitative estimate of drug-likeness (QED) is 0.799. The van der Waals surface area contributed by atoms with Crippen LogP contribution >= 0.6 is 0 Å². The smallest absolute Gasteiger partial charge is 0.222 e. The summed E-state index contributed by atoms with van der Waals surface area (Å²) in [5, 5.41) is 8.11. The summed E-state index contributed by atoms with van der Waals surface area (Å²) >= 11 is 0. The normalized spacial score (nSPS) is 14.6. The van der Waals surface area contributed by atoms with Gasteiger partial charge in [-0.05, 0) is 12.1 Å². The third-order valence-corrected chi connectivity index (χ3v) is 4.04. The van der Waals surface area contributed by atoms with Crippen LogP contribution < -0.4 is 0 Å². The molecule has 0 radical (unpaired) electrons. The third kappa shape index (κ3) is 3.57. The first-order chi connectivity index (χ1) is 11.1. The maximum absolute atomic E-state index is 12.3. The molecule has 1 aliphatic heterocycles. The van der Waals surface area contributed by atoms with Crippen LogP contribution in [0.5, 0.6) is 0 Å². The molecule has 3 rings (SSSR count). The van der Waals surface area contributed by atoms with Gasteiger partial charge < -0.3 is 9.88 Å². The maximum Gasteiger partial charge on any atom is 0.222 e. The van der Waals surface area contributed by atoms with Crippen molar-refractivity contribution in [2.24, 2.45) is 10.2 Å². The maximum atomic E-state index is 12.3. The lowest BCUT2D eigenvalue weighted by atomic mass is 10.0.